The van der Waals surface area contributed by atoms with Crippen molar-refractivity contribution in [3.63, 3.8) is 0 Å². The molecule has 0 aromatic heterocycles. The second-order valence-electron chi connectivity index (χ2n) is 6.39. The largest absolute Gasteiger partial charge is 0.454 e. The third kappa shape index (κ3) is 3.75. The van der Waals surface area contributed by atoms with Crippen molar-refractivity contribution < 1.29 is 28.6 Å². The number of anilines is 2. The van der Waals surface area contributed by atoms with Crippen molar-refractivity contribution in [2.75, 3.05) is 30.2 Å². The van der Waals surface area contributed by atoms with E-state index in [0.717, 1.165) is 12.1 Å². The molecule has 0 radical (unpaired) electrons. The van der Waals surface area contributed by atoms with E-state index in [-0.39, 0.29) is 18.3 Å². The fourth-order valence-corrected chi connectivity index (χ4v) is 3.11. The number of nitrogens with zero attached hydrogens (tertiary/aromatic N) is 1. The van der Waals surface area contributed by atoms with Crippen molar-refractivity contribution in [2.24, 2.45) is 0 Å². The first-order valence-electron chi connectivity index (χ1n) is 8.87. The van der Waals surface area contributed by atoms with Crippen LogP contribution >= 0.6 is 0 Å². The van der Waals surface area contributed by atoms with Crippen molar-refractivity contribution in [1.29, 1.82) is 0 Å². The molecule has 0 aliphatic carbocycles. The molecule has 1 N–H and O–H groups in total. The van der Waals surface area contributed by atoms with Gasteiger partial charge in [-0.15, -0.1) is 0 Å². The van der Waals surface area contributed by atoms with Gasteiger partial charge in [-0.2, -0.15) is 0 Å². The number of carbonyl (C=O) groups excluding carboxylic acids is 3. The zero-order valence-corrected chi connectivity index (χ0v) is 15.0. The van der Waals surface area contributed by atoms with Crippen molar-refractivity contribution in [3.8, 4) is 11.5 Å². The summed E-state index contributed by atoms with van der Waals surface area (Å²) in [5.41, 5.74) is 1.53. The van der Waals surface area contributed by atoms with Crippen LogP contribution in [0.4, 0.5) is 11.4 Å². The summed E-state index contributed by atoms with van der Waals surface area (Å²) in [4.78, 5) is 37.8. The molecule has 8 nitrogen and oxygen atoms in total. The standard InChI is InChI=1S/C20H18N2O6/c23-18(11-26-20(25)13-6-7-16-17(9-13)28-12-27-16)21-14-3-1-4-15(10-14)22-8-2-5-19(22)24/h1,3-4,6-7,9-10H,2,5,8,11-12H2,(H,21,23). The van der Waals surface area contributed by atoms with Crippen LogP contribution in [0.25, 0.3) is 0 Å². The number of hydrogen-bond acceptors (Lipinski definition) is 6. The number of nitrogens with one attached hydrogen (secondary N) is 1. The molecule has 0 atom stereocenters. The Labute approximate surface area is 161 Å². The maximum Gasteiger partial charge on any atom is 0.338 e. The molecule has 1 saturated heterocycles. The van der Waals surface area contributed by atoms with Crippen LogP contribution in [-0.2, 0) is 14.3 Å². The molecule has 2 aromatic carbocycles. The zero-order chi connectivity index (χ0) is 19.5. The SMILES string of the molecule is O=C(COC(=O)c1ccc2c(c1)OCO2)Nc1cccc(N2CCCC2=O)c1. The van der Waals surface area contributed by atoms with Crippen LogP contribution in [0.5, 0.6) is 11.5 Å². The molecule has 2 aromatic rings. The fourth-order valence-electron chi connectivity index (χ4n) is 3.11. The highest BCUT2D eigenvalue weighted by Crippen LogP contribution is 2.32. The Morgan fingerprint density at radius 3 is 2.79 bits per heavy atom. The molecule has 2 aliphatic rings. The van der Waals surface area contributed by atoms with Gasteiger partial charge in [0.15, 0.2) is 18.1 Å². The van der Waals surface area contributed by atoms with Gasteiger partial charge in [-0.1, -0.05) is 6.07 Å². The van der Waals surface area contributed by atoms with E-state index in [1.165, 1.54) is 6.07 Å². The van der Waals surface area contributed by atoms with Gasteiger partial charge < -0.3 is 24.4 Å². The predicted molar refractivity (Wildman–Crippen MR) is 99.5 cm³/mol. The average Bonchev–Trinajstić information content (AvgIpc) is 3.34. The summed E-state index contributed by atoms with van der Waals surface area (Å²) in [5, 5.41) is 2.67. The van der Waals surface area contributed by atoms with Crippen molar-refractivity contribution in [1.82, 2.24) is 0 Å². The Morgan fingerprint density at radius 2 is 1.96 bits per heavy atom. The maximum absolute atomic E-state index is 12.1. The molecule has 2 heterocycles. The van der Waals surface area contributed by atoms with Crippen LogP contribution in [0.3, 0.4) is 0 Å². The molecule has 2 aliphatic heterocycles. The molecular formula is C20H18N2O6. The smallest absolute Gasteiger partial charge is 0.338 e. The van der Waals surface area contributed by atoms with E-state index >= 15 is 0 Å². The highest BCUT2D eigenvalue weighted by atomic mass is 16.7. The van der Waals surface area contributed by atoms with Crippen molar-refractivity contribution in [2.45, 2.75) is 12.8 Å². The van der Waals surface area contributed by atoms with Crippen molar-refractivity contribution in [3.05, 3.63) is 48.0 Å². The zero-order valence-electron chi connectivity index (χ0n) is 15.0. The Hall–Kier alpha value is -3.55. The summed E-state index contributed by atoms with van der Waals surface area (Å²) in [6, 6.07) is 11.7. The number of ether oxygens (including phenoxy) is 3. The Bertz CT molecular complexity index is 942. The first-order valence-corrected chi connectivity index (χ1v) is 8.87. The van der Waals surface area contributed by atoms with Crippen LogP contribution in [0.2, 0.25) is 0 Å². The number of esters is 1. The topological polar surface area (TPSA) is 94.2 Å². The minimum atomic E-state index is -0.634. The normalized spacial score (nSPS) is 14.9. The Morgan fingerprint density at radius 1 is 1.11 bits per heavy atom. The molecule has 1 fully saturated rings. The van der Waals surface area contributed by atoms with Gasteiger partial charge in [0.25, 0.3) is 5.91 Å². The van der Waals surface area contributed by atoms with Gasteiger partial charge in [0, 0.05) is 24.3 Å². The highest BCUT2D eigenvalue weighted by Gasteiger charge is 2.22. The average molecular weight is 382 g/mol. The Balaban J connectivity index is 1.33. The van der Waals surface area contributed by atoms with Gasteiger partial charge >= 0.3 is 5.97 Å². The molecule has 8 heteroatoms. The van der Waals surface area contributed by atoms with Crippen molar-refractivity contribution >= 4 is 29.2 Å². The van der Waals surface area contributed by atoms with E-state index < -0.39 is 18.5 Å². The summed E-state index contributed by atoms with van der Waals surface area (Å²) >= 11 is 0. The first kappa shape index (κ1) is 17.8. The quantitative estimate of drug-likeness (QED) is 0.798. The third-order valence-corrected chi connectivity index (χ3v) is 4.46. The molecule has 28 heavy (non-hydrogen) atoms. The molecular weight excluding hydrogens is 364 g/mol. The number of rotatable bonds is 5. The number of carbonyl (C=O) groups is 3. The van der Waals surface area contributed by atoms with Gasteiger partial charge in [-0.25, -0.2) is 4.79 Å². The lowest BCUT2D eigenvalue weighted by Gasteiger charge is -2.16. The van der Waals surface area contributed by atoms with Crippen LogP contribution in [0.1, 0.15) is 23.2 Å². The van der Waals surface area contributed by atoms with E-state index in [9.17, 15) is 14.4 Å². The van der Waals surface area contributed by atoms with Gasteiger partial charge in [-0.05, 0) is 42.8 Å². The molecule has 0 bridgehead atoms. The lowest BCUT2D eigenvalue weighted by molar-refractivity contribution is -0.119. The molecule has 0 saturated carbocycles. The minimum absolute atomic E-state index is 0.0705. The van der Waals surface area contributed by atoms with E-state index in [1.807, 2.05) is 6.07 Å². The van der Waals surface area contributed by atoms with Crippen LogP contribution in [0.15, 0.2) is 42.5 Å². The van der Waals surface area contributed by atoms with Gasteiger partial charge in [0.05, 0.1) is 5.56 Å². The highest BCUT2D eigenvalue weighted by molar-refractivity contribution is 5.98. The van der Waals surface area contributed by atoms with Gasteiger partial charge in [-0.3, -0.25) is 9.59 Å². The van der Waals surface area contributed by atoms with Crippen LogP contribution < -0.4 is 19.7 Å². The minimum Gasteiger partial charge on any atom is -0.454 e. The Kier molecular flexibility index (Phi) is 4.84. The summed E-state index contributed by atoms with van der Waals surface area (Å²) in [7, 11) is 0. The van der Waals surface area contributed by atoms with Crippen LogP contribution in [0, 0.1) is 0 Å². The summed E-state index contributed by atoms with van der Waals surface area (Å²) in [6.45, 7) is 0.349. The number of fused-ring (bicyclic) bond motifs is 1. The van der Waals surface area contributed by atoms with E-state index in [4.69, 9.17) is 14.2 Å². The second kappa shape index (κ2) is 7.59. The fraction of sp³-hybridized carbons (Fsp3) is 0.250. The van der Waals surface area contributed by atoms with Gasteiger partial charge in [0.2, 0.25) is 12.7 Å². The first-order chi connectivity index (χ1) is 13.6. The molecule has 144 valence electrons. The van der Waals surface area contributed by atoms with E-state index in [1.54, 1.807) is 35.2 Å². The number of benzene rings is 2. The van der Waals surface area contributed by atoms with Crippen LogP contribution in [-0.4, -0.2) is 37.7 Å². The summed E-state index contributed by atoms with van der Waals surface area (Å²) in [6.07, 6.45) is 1.36. The lowest BCUT2D eigenvalue weighted by Crippen LogP contribution is -2.24. The molecule has 0 spiro atoms. The van der Waals surface area contributed by atoms with E-state index in [2.05, 4.69) is 5.32 Å². The number of hydrogen-bond donors (Lipinski definition) is 1. The van der Waals surface area contributed by atoms with Gasteiger partial charge in [0.1, 0.15) is 0 Å². The summed E-state index contributed by atoms with van der Waals surface area (Å²) in [5.74, 6) is -0.0113. The second-order valence-corrected chi connectivity index (χ2v) is 6.39. The molecule has 0 unspecified atom stereocenters. The molecule has 4 rings (SSSR count). The number of amides is 2. The monoisotopic (exact) mass is 382 g/mol. The van der Waals surface area contributed by atoms with E-state index in [0.29, 0.717) is 30.2 Å². The maximum atomic E-state index is 12.1. The summed E-state index contributed by atoms with van der Waals surface area (Å²) < 4.78 is 15.5. The third-order valence-electron chi connectivity index (χ3n) is 4.46. The lowest BCUT2D eigenvalue weighted by atomic mass is 10.2. The molecule has 2 amide bonds. The predicted octanol–water partition coefficient (Wildman–Crippen LogP) is 2.34.